The van der Waals surface area contributed by atoms with Gasteiger partial charge in [-0.15, -0.1) is 0 Å². The van der Waals surface area contributed by atoms with Crippen LogP contribution in [0.5, 0.6) is 0 Å². The average molecular weight is 353 g/mol. The molecule has 0 aromatic heterocycles. The van der Waals surface area contributed by atoms with Gasteiger partial charge in [0.2, 0.25) is 0 Å². The van der Waals surface area contributed by atoms with Crippen LogP contribution in [-0.2, 0) is 12.0 Å². The van der Waals surface area contributed by atoms with Crippen LogP contribution in [0, 0.1) is 0 Å². The Morgan fingerprint density at radius 2 is 1.67 bits per heavy atom. The summed E-state index contributed by atoms with van der Waals surface area (Å²) < 4.78 is 1.20. The third-order valence-corrected chi connectivity index (χ3v) is 4.82. The molecule has 21 heavy (non-hydrogen) atoms. The molecule has 0 atom stereocenters. The zero-order valence-electron chi connectivity index (χ0n) is 14.1. The van der Waals surface area contributed by atoms with Crippen LogP contribution in [0.25, 0.3) is 0 Å². The largest absolute Gasteiger partial charge is 0.298 e. The molecule has 1 fully saturated rings. The van der Waals surface area contributed by atoms with Crippen molar-refractivity contribution in [1.29, 1.82) is 0 Å². The first kappa shape index (κ1) is 17.0. The van der Waals surface area contributed by atoms with Crippen molar-refractivity contribution >= 4 is 15.9 Å². The van der Waals surface area contributed by atoms with Crippen molar-refractivity contribution in [2.45, 2.75) is 52.6 Å². The Kier molecular flexibility index (Phi) is 5.50. The number of hydrogen-bond donors (Lipinski definition) is 0. The topological polar surface area (TPSA) is 6.48 Å². The van der Waals surface area contributed by atoms with Crippen molar-refractivity contribution in [2.24, 2.45) is 0 Å². The Morgan fingerprint density at radius 1 is 1.05 bits per heavy atom. The van der Waals surface area contributed by atoms with Crippen LogP contribution in [0.3, 0.4) is 0 Å². The van der Waals surface area contributed by atoms with Crippen LogP contribution in [0.2, 0.25) is 0 Å². The molecule has 1 aromatic carbocycles. The first-order chi connectivity index (χ1) is 9.75. The number of hydrogen-bond acceptors (Lipinski definition) is 2. The van der Waals surface area contributed by atoms with Gasteiger partial charge in [0.05, 0.1) is 0 Å². The maximum atomic E-state index is 3.67. The van der Waals surface area contributed by atoms with Gasteiger partial charge in [0, 0.05) is 43.2 Å². The van der Waals surface area contributed by atoms with Gasteiger partial charge in [-0.25, -0.2) is 0 Å². The number of piperazine rings is 1. The van der Waals surface area contributed by atoms with Gasteiger partial charge in [0.25, 0.3) is 0 Å². The first-order valence-electron chi connectivity index (χ1n) is 8.02. The molecule has 1 aliphatic heterocycles. The molecule has 3 heteroatoms. The molecule has 1 aliphatic rings. The summed E-state index contributed by atoms with van der Waals surface area (Å²) in [5, 5.41) is 0. The summed E-state index contributed by atoms with van der Waals surface area (Å²) in [6, 6.07) is 7.56. The van der Waals surface area contributed by atoms with E-state index in [9.17, 15) is 0 Å². The summed E-state index contributed by atoms with van der Waals surface area (Å²) in [6.45, 7) is 17.2. The molecular formula is C18H29BrN2. The van der Waals surface area contributed by atoms with Crippen LogP contribution in [0.15, 0.2) is 22.7 Å². The van der Waals surface area contributed by atoms with Gasteiger partial charge in [-0.3, -0.25) is 9.80 Å². The van der Waals surface area contributed by atoms with E-state index in [1.807, 2.05) is 0 Å². The lowest BCUT2D eigenvalue weighted by molar-refractivity contribution is 0.104. The molecule has 1 aromatic rings. The molecule has 0 bridgehead atoms. The monoisotopic (exact) mass is 352 g/mol. The maximum absolute atomic E-state index is 3.67. The summed E-state index contributed by atoms with van der Waals surface area (Å²) in [5.41, 5.74) is 3.04. The molecular weight excluding hydrogens is 324 g/mol. The fourth-order valence-electron chi connectivity index (χ4n) is 2.87. The second-order valence-electron chi connectivity index (χ2n) is 7.50. The zero-order chi connectivity index (χ0) is 15.6. The number of benzene rings is 1. The molecule has 1 heterocycles. The Hall–Kier alpha value is -0.380. The van der Waals surface area contributed by atoms with E-state index < -0.39 is 0 Å². The normalized spacial score (nSPS) is 18.4. The van der Waals surface area contributed by atoms with Gasteiger partial charge in [0.1, 0.15) is 0 Å². The highest BCUT2D eigenvalue weighted by Gasteiger charge is 2.20. The van der Waals surface area contributed by atoms with Gasteiger partial charge in [-0.2, -0.15) is 0 Å². The summed E-state index contributed by atoms with van der Waals surface area (Å²) in [7, 11) is 0. The lowest BCUT2D eigenvalue weighted by Crippen LogP contribution is -2.48. The molecule has 0 saturated carbocycles. The standard InChI is InChI=1S/C18H29BrN2/c1-14(2)21-8-6-20(7-9-21)13-15-10-16(18(3,4)5)12-17(19)11-15/h10-12,14H,6-9,13H2,1-5H3. The van der Waals surface area contributed by atoms with E-state index >= 15 is 0 Å². The predicted molar refractivity (Wildman–Crippen MR) is 94.8 cm³/mol. The van der Waals surface area contributed by atoms with Gasteiger partial charge >= 0.3 is 0 Å². The fraction of sp³-hybridized carbons (Fsp3) is 0.667. The van der Waals surface area contributed by atoms with E-state index in [2.05, 4.69) is 78.5 Å². The minimum atomic E-state index is 0.203. The summed E-state index contributed by atoms with van der Waals surface area (Å²) in [5.74, 6) is 0. The highest BCUT2D eigenvalue weighted by molar-refractivity contribution is 9.10. The van der Waals surface area contributed by atoms with Crippen molar-refractivity contribution in [1.82, 2.24) is 9.80 Å². The third-order valence-electron chi connectivity index (χ3n) is 4.37. The minimum Gasteiger partial charge on any atom is -0.298 e. The van der Waals surface area contributed by atoms with Crippen molar-refractivity contribution in [2.75, 3.05) is 26.2 Å². The van der Waals surface area contributed by atoms with Crippen LogP contribution < -0.4 is 0 Å². The molecule has 2 rings (SSSR count). The molecule has 0 N–H and O–H groups in total. The Balaban J connectivity index is 2.02. The SMILES string of the molecule is CC(C)N1CCN(Cc2cc(Br)cc(C(C)(C)C)c2)CC1. The number of halogens is 1. The quantitative estimate of drug-likeness (QED) is 0.801. The Bertz CT molecular complexity index is 469. The van der Waals surface area contributed by atoms with Crippen LogP contribution in [0.1, 0.15) is 45.7 Å². The Morgan fingerprint density at radius 3 is 2.19 bits per heavy atom. The van der Waals surface area contributed by atoms with Crippen molar-refractivity contribution < 1.29 is 0 Å². The van der Waals surface area contributed by atoms with Crippen LogP contribution in [-0.4, -0.2) is 42.0 Å². The molecule has 1 saturated heterocycles. The lowest BCUT2D eigenvalue weighted by atomic mass is 9.86. The highest BCUT2D eigenvalue weighted by atomic mass is 79.9. The second-order valence-corrected chi connectivity index (χ2v) is 8.42. The summed E-state index contributed by atoms with van der Waals surface area (Å²) >= 11 is 3.67. The van der Waals surface area contributed by atoms with Crippen LogP contribution in [0.4, 0.5) is 0 Å². The summed E-state index contributed by atoms with van der Waals surface area (Å²) in [4.78, 5) is 5.14. The average Bonchev–Trinajstić information content (AvgIpc) is 2.37. The van der Waals surface area contributed by atoms with E-state index in [0.29, 0.717) is 6.04 Å². The van der Waals surface area contributed by atoms with Gasteiger partial charge in [-0.05, 0) is 42.5 Å². The van der Waals surface area contributed by atoms with E-state index in [-0.39, 0.29) is 5.41 Å². The van der Waals surface area contributed by atoms with Crippen molar-refractivity contribution in [3.63, 3.8) is 0 Å². The molecule has 0 unspecified atom stereocenters. The fourth-order valence-corrected chi connectivity index (χ4v) is 3.41. The molecule has 0 amide bonds. The molecule has 0 spiro atoms. The lowest BCUT2D eigenvalue weighted by Gasteiger charge is -2.37. The van der Waals surface area contributed by atoms with E-state index in [1.54, 1.807) is 0 Å². The second kappa shape index (κ2) is 6.80. The zero-order valence-corrected chi connectivity index (χ0v) is 15.7. The Labute approximate surface area is 138 Å². The van der Waals surface area contributed by atoms with Gasteiger partial charge < -0.3 is 0 Å². The predicted octanol–water partition coefficient (Wildman–Crippen LogP) is 4.27. The molecule has 0 aliphatic carbocycles. The van der Waals surface area contributed by atoms with Crippen LogP contribution >= 0.6 is 15.9 Å². The number of nitrogens with zero attached hydrogens (tertiary/aromatic N) is 2. The summed E-state index contributed by atoms with van der Waals surface area (Å²) in [6.07, 6.45) is 0. The minimum absolute atomic E-state index is 0.203. The molecule has 0 radical (unpaired) electrons. The smallest absolute Gasteiger partial charge is 0.0235 e. The maximum Gasteiger partial charge on any atom is 0.0235 e. The number of rotatable bonds is 3. The van der Waals surface area contributed by atoms with E-state index in [0.717, 1.165) is 6.54 Å². The highest BCUT2D eigenvalue weighted by Crippen LogP contribution is 2.27. The van der Waals surface area contributed by atoms with E-state index in [1.165, 1.54) is 41.8 Å². The third kappa shape index (κ3) is 4.80. The molecule has 2 nitrogen and oxygen atoms in total. The molecule has 118 valence electrons. The van der Waals surface area contributed by atoms with Crippen molar-refractivity contribution in [3.05, 3.63) is 33.8 Å². The first-order valence-corrected chi connectivity index (χ1v) is 8.81. The van der Waals surface area contributed by atoms with Crippen molar-refractivity contribution in [3.8, 4) is 0 Å². The van der Waals surface area contributed by atoms with Gasteiger partial charge in [-0.1, -0.05) is 42.8 Å². The van der Waals surface area contributed by atoms with Gasteiger partial charge in [0.15, 0.2) is 0 Å². The van der Waals surface area contributed by atoms with E-state index in [4.69, 9.17) is 0 Å².